The smallest absolute Gasteiger partial charge is 0.462 e. The van der Waals surface area contributed by atoms with Gasteiger partial charge in [0, 0.05) is 19.4 Å². The lowest BCUT2D eigenvalue weighted by Crippen LogP contribution is -2.29. The number of rotatable bonds is 70. The molecular formula is C70H140NO8P. The van der Waals surface area contributed by atoms with Crippen LogP contribution in [0.1, 0.15) is 406 Å². The molecule has 0 aromatic heterocycles. The van der Waals surface area contributed by atoms with Crippen molar-refractivity contribution in [1.82, 2.24) is 0 Å². The van der Waals surface area contributed by atoms with Crippen molar-refractivity contribution < 1.29 is 37.6 Å². The van der Waals surface area contributed by atoms with E-state index in [1.807, 2.05) is 0 Å². The number of phosphoric ester groups is 1. The zero-order valence-corrected chi connectivity index (χ0v) is 54.8. The Balaban J connectivity index is 3.78. The summed E-state index contributed by atoms with van der Waals surface area (Å²) >= 11 is 0. The third kappa shape index (κ3) is 66.2. The second-order valence-electron chi connectivity index (χ2n) is 24.8. The Kier molecular flexibility index (Phi) is 66.3. The molecule has 0 saturated heterocycles. The summed E-state index contributed by atoms with van der Waals surface area (Å²) in [4.78, 5) is 35.4. The van der Waals surface area contributed by atoms with Crippen molar-refractivity contribution in [1.29, 1.82) is 0 Å². The second kappa shape index (κ2) is 67.1. The van der Waals surface area contributed by atoms with Crippen LogP contribution in [0.5, 0.6) is 0 Å². The Morgan fingerprint density at radius 2 is 0.537 bits per heavy atom. The van der Waals surface area contributed by atoms with Crippen molar-refractivity contribution in [2.75, 3.05) is 26.4 Å². The molecule has 0 radical (unpaired) electrons. The van der Waals surface area contributed by atoms with Gasteiger partial charge in [0.1, 0.15) is 6.61 Å². The summed E-state index contributed by atoms with van der Waals surface area (Å²) in [5.41, 5.74) is 5.41. The molecule has 0 amide bonds. The Hall–Kier alpha value is -0.990. The number of unbranched alkanes of at least 4 members (excludes halogenated alkanes) is 57. The van der Waals surface area contributed by atoms with Crippen LogP contribution in [0.3, 0.4) is 0 Å². The van der Waals surface area contributed by atoms with Crippen LogP contribution in [0.4, 0.5) is 0 Å². The van der Waals surface area contributed by atoms with Crippen LogP contribution in [0.2, 0.25) is 0 Å². The molecule has 0 aliphatic heterocycles. The first-order valence-electron chi connectivity index (χ1n) is 36.0. The number of phosphoric acid groups is 1. The average molecular weight is 1150 g/mol. The number of esters is 2. The Labute approximate surface area is 498 Å². The van der Waals surface area contributed by atoms with Gasteiger partial charge >= 0.3 is 19.8 Å². The van der Waals surface area contributed by atoms with Crippen LogP contribution in [0.25, 0.3) is 0 Å². The van der Waals surface area contributed by atoms with E-state index in [-0.39, 0.29) is 32.1 Å². The number of ether oxygens (including phenoxy) is 2. The first-order chi connectivity index (χ1) is 39.3. The molecule has 0 aromatic carbocycles. The van der Waals surface area contributed by atoms with Gasteiger partial charge in [0.25, 0.3) is 0 Å². The highest BCUT2D eigenvalue weighted by molar-refractivity contribution is 7.47. The highest BCUT2D eigenvalue weighted by Crippen LogP contribution is 2.43. The summed E-state index contributed by atoms with van der Waals surface area (Å²) in [6.45, 7) is 3.85. The van der Waals surface area contributed by atoms with Gasteiger partial charge in [0.15, 0.2) is 6.10 Å². The van der Waals surface area contributed by atoms with Crippen molar-refractivity contribution >= 4 is 19.8 Å². The molecule has 0 aromatic rings. The zero-order valence-electron chi connectivity index (χ0n) is 53.9. The molecule has 0 fully saturated rings. The van der Waals surface area contributed by atoms with Crippen molar-refractivity contribution in [2.24, 2.45) is 5.73 Å². The second-order valence-corrected chi connectivity index (χ2v) is 26.3. The van der Waals surface area contributed by atoms with Crippen molar-refractivity contribution in [2.45, 2.75) is 412 Å². The maximum absolute atomic E-state index is 12.8. The number of hydrogen-bond donors (Lipinski definition) is 2. The normalized spacial score (nSPS) is 12.8. The number of carbonyl (C=O) groups excluding carboxylic acids is 2. The Bertz CT molecular complexity index is 1270. The molecule has 0 rings (SSSR count). The lowest BCUT2D eigenvalue weighted by molar-refractivity contribution is -0.161. The van der Waals surface area contributed by atoms with Gasteiger partial charge in [-0.15, -0.1) is 0 Å². The minimum absolute atomic E-state index is 0.0589. The molecule has 478 valence electrons. The average Bonchev–Trinajstić information content (AvgIpc) is 3.45. The first kappa shape index (κ1) is 79.0. The van der Waals surface area contributed by atoms with Crippen LogP contribution in [-0.4, -0.2) is 49.3 Å². The molecule has 0 heterocycles. The topological polar surface area (TPSA) is 134 Å². The predicted octanol–water partition coefficient (Wildman–Crippen LogP) is 23.4. The highest BCUT2D eigenvalue weighted by atomic mass is 31.2. The third-order valence-corrected chi connectivity index (χ3v) is 17.7. The van der Waals surface area contributed by atoms with E-state index in [2.05, 4.69) is 13.8 Å². The van der Waals surface area contributed by atoms with Gasteiger partial charge < -0.3 is 20.1 Å². The summed E-state index contributed by atoms with van der Waals surface area (Å²) in [6.07, 6.45) is 79.3. The fraction of sp³-hybridized carbons (Fsp3) is 0.971. The monoisotopic (exact) mass is 1150 g/mol. The lowest BCUT2D eigenvalue weighted by atomic mass is 10.0. The standard InChI is InChI=1S/C70H140NO8P/c1-3-5-7-9-11-13-15-17-19-21-23-25-27-29-31-32-33-34-35-37-39-41-43-45-47-49-51-53-55-57-59-61-63-70(73)79-68(67-78-80(74,75)77-65-64-71)66-76-69(72)62-60-58-56-54-52-50-48-46-44-42-40-38-36-30-28-26-24-22-20-18-16-14-12-10-8-6-4-2/h68H,3-67,71H2,1-2H3,(H,74,75). The molecule has 0 bridgehead atoms. The molecular weight excluding hydrogens is 1010 g/mol. The van der Waals surface area contributed by atoms with Crippen LogP contribution < -0.4 is 5.73 Å². The number of nitrogens with two attached hydrogens (primary N) is 1. The molecule has 2 atom stereocenters. The zero-order chi connectivity index (χ0) is 58.0. The van der Waals surface area contributed by atoms with Crippen LogP contribution in [0, 0.1) is 0 Å². The predicted molar refractivity (Wildman–Crippen MR) is 345 cm³/mol. The number of hydrogen-bond acceptors (Lipinski definition) is 8. The molecule has 0 aliphatic carbocycles. The summed E-state index contributed by atoms with van der Waals surface area (Å²) in [6, 6.07) is 0. The van der Waals surface area contributed by atoms with Gasteiger partial charge in [-0.25, -0.2) is 4.57 Å². The first-order valence-corrected chi connectivity index (χ1v) is 37.5. The van der Waals surface area contributed by atoms with E-state index in [0.717, 1.165) is 32.1 Å². The van der Waals surface area contributed by atoms with E-state index in [1.54, 1.807) is 0 Å². The SMILES string of the molecule is CCCCCCCCCCCCCCCCCCCCCCCCCCCCCCCCCCC(=O)OC(COC(=O)CCCCCCCCCCCCCCCCCCCCCCCCCCCCC)COP(=O)(O)OCCN. The van der Waals surface area contributed by atoms with Gasteiger partial charge in [-0.3, -0.25) is 18.6 Å². The van der Waals surface area contributed by atoms with E-state index in [0.29, 0.717) is 12.8 Å². The van der Waals surface area contributed by atoms with Gasteiger partial charge in [-0.05, 0) is 12.8 Å². The van der Waals surface area contributed by atoms with Crippen LogP contribution >= 0.6 is 7.82 Å². The van der Waals surface area contributed by atoms with Gasteiger partial charge in [0.05, 0.1) is 13.2 Å². The Morgan fingerprint density at radius 1 is 0.325 bits per heavy atom. The minimum atomic E-state index is -4.39. The molecule has 9 nitrogen and oxygen atoms in total. The molecule has 0 aliphatic rings. The summed E-state index contributed by atoms with van der Waals surface area (Å²) in [7, 11) is -4.39. The molecule has 3 N–H and O–H groups in total. The van der Waals surface area contributed by atoms with E-state index in [1.165, 1.54) is 340 Å². The quantitative estimate of drug-likeness (QED) is 0.0347. The summed E-state index contributed by atoms with van der Waals surface area (Å²) in [5.74, 6) is -0.796. The van der Waals surface area contributed by atoms with Crippen molar-refractivity contribution in [3.05, 3.63) is 0 Å². The number of carbonyl (C=O) groups is 2. The summed E-state index contributed by atoms with van der Waals surface area (Å²) < 4.78 is 33.2. The van der Waals surface area contributed by atoms with Crippen LogP contribution in [0.15, 0.2) is 0 Å². The fourth-order valence-corrected chi connectivity index (χ4v) is 12.2. The molecule has 0 saturated carbocycles. The summed E-state index contributed by atoms with van der Waals surface area (Å²) in [5, 5.41) is 0. The maximum atomic E-state index is 12.8. The Morgan fingerprint density at radius 3 is 0.762 bits per heavy atom. The van der Waals surface area contributed by atoms with Gasteiger partial charge in [-0.1, -0.05) is 380 Å². The molecule has 0 spiro atoms. The van der Waals surface area contributed by atoms with Crippen molar-refractivity contribution in [3.63, 3.8) is 0 Å². The van der Waals surface area contributed by atoms with Crippen molar-refractivity contribution in [3.8, 4) is 0 Å². The van der Waals surface area contributed by atoms with E-state index in [9.17, 15) is 19.0 Å². The van der Waals surface area contributed by atoms with Gasteiger partial charge in [0.2, 0.25) is 0 Å². The maximum Gasteiger partial charge on any atom is 0.472 e. The molecule has 80 heavy (non-hydrogen) atoms. The highest BCUT2D eigenvalue weighted by Gasteiger charge is 2.26. The van der Waals surface area contributed by atoms with E-state index in [4.69, 9.17) is 24.3 Å². The van der Waals surface area contributed by atoms with E-state index >= 15 is 0 Å². The largest absolute Gasteiger partial charge is 0.472 e. The van der Waals surface area contributed by atoms with E-state index < -0.39 is 26.5 Å². The van der Waals surface area contributed by atoms with Gasteiger partial charge in [-0.2, -0.15) is 0 Å². The third-order valence-electron chi connectivity index (χ3n) is 16.7. The fourth-order valence-electron chi connectivity index (χ4n) is 11.4. The minimum Gasteiger partial charge on any atom is -0.462 e. The van der Waals surface area contributed by atoms with Crippen LogP contribution in [-0.2, 0) is 32.7 Å². The molecule has 2 unspecified atom stereocenters. The molecule has 10 heteroatoms. The lowest BCUT2D eigenvalue weighted by Gasteiger charge is -2.19.